The predicted molar refractivity (Wildman–Crippen MR) is 47.1 cm³/mol. The van der Waals surface area contributed by atoms with E-state index in [0.29, 0.717) is 6.20 Å². The number of hydrogen-bond donors (Lipinski definition) is 0. The number of aromatic nitrogens is 1. The fraction of sp³-hybridized carbons (Fsp3) is 0.375. The highest BCUT2D eigenvalue weighted by atomic mass is 19.4. The summed E-state index contributed by atoms with van der Waals surface area (Å²) in [4.78, 5) is 12.7. The molecule has 0 bridgehead atoms. The molecule has 0 N–H and O–H groups in total. The van der Waals surface area contributed by atoms with Gasteiger partial charge in [0.1, 0.15) is 6.67 Å². The number of halogens is 4. The minimum Gasteiger partial charge on any atom is -0.401 e. The topological polar surface area (TPSA) is 65.3 Å². The summed E-state index contributed by atoms with van der Waals surface area (Å²) in [5.74, 6) is -1.57. The van der Waals surface area contributed by atoms with E-state index in [9.17, 15) is 27.7 Å². The number of alkyl halides is 4. The lowest BCUT2D eigenvalue weighted by Crippen LogP contribution is -2.18. The number of ether oxygens (including phenoxy) is 1. The van der Waals surface area contributed by atoms with Crippen LogP contribution in [0.25, 0.3) is 0 Å². The molecule has 0 unspecified atom stereocenters. The van der Waals surface area contributed by atoms with Crippen LogP contribution in [0, 0.1) is 17.0 Å². The van der Waals surface area contributed by atoms with Gasteiger partial charge in [0.05, 0.1) is 5.56 Å². The van der Waals surface area contributed by atoms with Crippen molar-refractivity contribution in [3.63, 3.8) is 0 Å². The van der Waals surface area contributed by atoms with Crippen LogP contribution in [-0.2, 0) is 6.67 Å². The van der Waals surface area contributed by atoms with Gasteiger partial charge in [0.2, 0.25) is 0 Å². The average molecular weight is 254 g/mol. The summed E-state index contributed by atoms with van der Waals surface area (Å²) < 4.78 is 51.9. The van der Waals surface area contributed by atoms with Gasteiger partial charge in [-0.25, -0.2) is 4.39 Å². The lowest BCUT2D eigenvalue weighted by atomic mass is 10.1. The van der Waals surface area contributed by atoms with Crippen LogP contribution >= 0.6 is 0 Å². The summed E-state index contributed by atoms with van der Waals surface area (Å²) in [5.41, 5.74) is -0.830. The molecule has 1 aromatic rings. The Bertz CT molecular complexity index is 447. The molecule has 0 saturated carbocycles. The molecule has 0 aromatic carbocycles. The Morgan fingerprint density at radius 1 is 1.53 bits per heavy atom. The van der Waals surface area contributed by atoms with Crippen LogP contribution < -0.4 is 4.74 Å². The molecule has 17 heavy (non-hydrogen) atoms. The standard InChI is InChI=1S/C8H6F4N2O3/c1-4-5(2-9)6(17-8(10,11)12)3-13-7(4)14(15)16/h3H,2H2,1H3. The molecule has 1 aromatic heterocycles. The molecule has 0 saturated heterocycles. The summed E-state index contributed by atoms with van der Waals surface area (Å²) >= 11 is 0. The van der Waals surface area contributed by atoms with E-state index in [1.165, 1.54) is 0 Å². The van der Waals surface area contributed by atoms with Crippen molar-refractivity contribution >= 4 is 5.82 Å². The number of hydrogen-bond acceptors (Lipinski definition) is 4. The number of rotatable bonds is 3. The first-order valence-corrected chi connectivity index (χ1v) is 4.21. The van der Waals surface area contributed by atoms with E-state index in [0.717, 1.165) is 6.92 Å². The highest BCUT2D eigenvalue weighted by molar-refractivity contribution is 5.45. The van der Waals surface area contributed by atoms with Crippen molar-refractivity contribution in [2.24, 2.45) is 0 Å². The van der Waals surface area contributed by atoms with Crippen molar-refractivity contribution in [1.29, 1.82) is 0 Å². The molecule has 0 radical (unpaired) electrons. The first-order chi connectivity index (χ1) is 7.76. The van der Waals surface area contributed by atoms with E-state index >= 15 is 0 Å². The zero-order valence-corrected chi connectivity index (χ0v) is 8.42. The van der Waals surface area contributed by atoms with Crippen LogP contribution in [0.4, 0.5) is 23.4 Å². The molecule has 9 heteroatoms. The third kappa shape index (κ3) is 3.02. The molecule has 0 aliphatic rings. The smallest absolute Gasteiger partial charge is 0.401 e. The van der Waals surface area contributed by atoms with Crippen LogP contribution in [0.1, 0.15) is 11.1 Å². The maximum absolute atomic E-state index is 12.6. The fourth-order valence-electron chi connectivity index (χ4n) is 1.18. The molecular formula is C8H6F4N2O3. The van der Waals surface area contributed by atoms with E-state index in [2.05, 4.69) is 9.72 Å². The first kappa shape index (κ1) is 13.1. The van der Waals surface area contributed by atoms with Crippen molar-refractivity contribution in [3.05, 3.63) is 27.4 Å². The lowest BCUT2D eigenvalue weighted by molar-refractivity contribution is -0.390. The van der Waals surface area contributed by atoms with Gasteiger partial charge in [-0.1, -0.05) is 0 Å². The second-order valence-electron chi connectivity index (χ2n) is 2.99. The number of pyridine rings is 1. The van der Waals surface area contributed by atoms with Crippen molar-refractivity contribution in [3.8, 4) is 5.75 Å². The average Bonchev–Trinajstić information content (AvgIpc) is 2.15. The Labute approximate surface area is 92.2 Å². The molecule has 0 amide bonds. The number of nitro groups is 1. The third-order valence-corrected chi connectivity index (χ3v) is 1.92. The van der Waals surface area contributed by atoms with Crippen LogP contribution in [0.2, 0.25) is 0 Å². The minimum atomic E-state index is -5.01. The predicted octanol–water partition coefficient (Wildman–Crippen LogP) is 2.67. The second kappa shape index (κ2) is 4.52. The van der Waals surface area contributed by atoms with Crippen molar-refractivity contribution in [2.75, 3.05) is 0 Å². The van der Waals surface area contributed by atoms with Crippen molar-refractivity contribution < 1.29 is 27.2 Å². The Kier molecular flexibility index (Phi) is 3.49. The highest BCUT2D eigenvalue weighted by Crippen LogP contribution is 2.31. The van der Waals surface area contributed by atoms with Crippen LogP contribution in [-0.4, -0.2) is 16.3 Å². The third-order valence-electron chi connectivity index (χ3n) is 1.92. The molecule has 1 rings (SSSR count). The van der Waals surface area contributed by atoms with Crippen molar-refractivity contribution in [2.45, 2.75) is 20.0 Å². The largest absolute Gasteiger partial charge is 0.573 e. The maximum Gasteiger partial charge on any atom is 0.573 e. The zero-order chi connectivity index (χ0) is 13.2. The Balaban J connectivity index is 3.26. The maximum atomic E-state index is 12.6. The van der Waals surface area contributed by atoms with Gasteiger partial charge in [-0.3, -0.25) is 0 Å². The molecule has 1 heterocycles. The van der Waals surface area contributed by atoms with Crippen LogP contribution in [0.15, 0.2) is 6.20 Å². The quantitative estimate of drug-likeness (QED) is 0.472. The fourth-order valence-corrected chi connectivity index (χ4v) is 1.18. The summed E-state index contributed by atoms with van der Waals surface area (Å²) in [7, 11) is 0. The van der Waals surface area contributed by atoms with Gasteiger partial charge in [-0.15, -0.1) is 13.2 Å². The first-order valence-electron chi connectivity index (χ1n) is 4.21. The van der Waals surface area contributed by atoms with Gasteiger partial charge in [-0.05, 0) is 16.8 Å². The molecule has 0 aliphatic carbocycles. The molecule has 0 aliphatic heterocycles. The van der Waals surface area contributed by atoms with Gasteiger partial charge in [0.15, 0.2) is 11.9 Å². The minimum absolute atomic E-state index is 0.292. The molecular weight excluding hydrogens is 248 g/mol. The van der Waals surface area contributed by atoms with Gasteiger partial charge in [0, 0.05) is 5.56 Å². The molecule has 94 valence electrons. The Morgan fingerprint density at radius 2 is 2.12 bits per heavy atom. The lowest BCUT2D eigenvalue weighted by Gasteiger charge is -2.11. The van der Waals surface area contributed by atoms with Crippen LogP contribution in [0.3, 0.4) is 0 Å². The molecule has 5 nitrogen and oxygen atoms in total. The Morgan fingerprint density at radius 3 is 2.53 bits per heavy atom. The van der Waals surface area contributed by atoms with Gasteiger partial charge >= 0.3 is 12.2 Å². The zero-order valence-electron chi connectivity index (χ0n) is 8.42. The van der Waals surface area contributed by atoms with Gasteiger partial charge in [-0.2, -0.15) is 0 Å². The number of nitrogens with zero attached hydrogens (tertiary/aromatic N) is 2. The van der Waals surface area contributed by atoms with E-state index in [4.69, 9.17) is 0 Å². The normalized spacial score (nSPS) is 11.4. The molecule has 0 spiro atoms. The van der Waals surface area contributed by atoms with E-state index in [1.54, 1.807) is 0 Å². The summed E-state index contributed by atoms with van der Waals surface area (Å²) in [6, 6.07) is 0. The van der Waals surface area contributed by atoms with E-state index < -0.39 is 35.1 Å². The van der Waals surface area contributed by atoms with Crippen molar-refractivity contribution in [1.82, 2.24) is 4.98 Å². The van der Waals surface area contributed by atoms with Gasteiger partial charge in [0.25, 0.3) is 0 Å². The monoisotopic (exact) mass is 254 g/mol. The SMILES string of the molecule is Cc1c([N+](=O)[O-])ncc(OC(F)(F)F)c1CF. The molecule has 0 fully saturated rings. The summed E-state index contributed by atoms with van der Waals surface area (Å²) in [5, 5.41) is 10.4. The summed E-state index contributed by atoms with van der Waals surface area (Å²) in [6.07, 6.45) is -4.53. The van der Waals surface area contributed by atoms with Crippen LogP contribution in [0.5, 0.6) is 5.75 Å². The highest BCUT2D eigenvalue weighted by Gasteiger charge is 2.34. The molecule has 0 atom stereocenters. The van der Waals surface area contributed by atoms with E-state index in [1.807, 2.05) is 0 Å². The summed E-state index contributed by atoms with van der Waals surface area (Å²) in [6.45, 7) is -0.218. The van der Waals surface area contributed by atoms with E-state index in [-0.39, 0.29) is 5.56 Å². The second-order valence-corrected chi connectivity index (χ2v) is 2.99. The van der Waals surface area contributed by atoms with Gasteiger partial charge < -0.3 is 14.9 Å². The Hall–Kier alpha value is -1.93.